The first-order chi connectivity index (χ1) is 11.6. The molecule has 1 aliphatic heterocycles. The van der Waals surface area contributed by atoms with Gasteiger partial charge in [0.2, 0.25) is 11.8 Å². The van der Waals surface area contributed by atoms with Crippen LogP contribution in [0.4, 0.5) is 0 Å². The number of nitrogens with zero attached hydrogens (tertiary/aromatic N) is 1. The first kappa shape index (κ1) is 18.3. The number of amides is 2. The minimum Gasteiger partial charge on any atom is -0.497 e. The molecule has 0 aromatic heterocycles. The van der Waals surface area contributed by atoms with Crippen LogP contribution in [0.1, 0.15) is 38.2 Å². The van der Waals surface area contributed by atoms with Gasteiger partial charge in [-0.1, -0.05) is 19.1 Å². The second kappa shape index (κ2) is 9.30. The first-order valence-corrected chi connectivity index (χ1v) is 8.79. The lowest BCUT2D eigenvalue weighted by Gasteiger charge is -2.33. The van der Waals surface area contributed by atoms with Crippen LogP contribution in [0.25, 0.3) is 0 Å². The second-order valence-corrected chi connectivity index (χ2v) is 6.43. The fourth-order valence-corrected chi connectivity index (χ4v) is 3.06. The van der Waals surface area contributed by atoms with E-state index >= 15 is 0 Å². The molecule has 1 heterocycles. The Morgan fingerprint density at radius 1 is 1.29 bits per heavy atom. The predicted octanol–water partition coefficient (Wildman–Crippen LogP) is 2.39. The lowest BCUT2D eigenvalue weighted by atomic mass is 9.97. The minimum atomic E-state index is 0.110. The van der Waals surface area contributed by atoms with E-state index in [-0.39, 0.29) is 11.8 Å². The summed E-state index contributed by atoms with van der Waals surface area (Å²) in [6, 6.07) is 7.63. The molecule has 5 nitrogen and oxygen atoms in total. The highest BCUT2D eigenvalue weighted by Gasteiger charge is 2.23. The van der Waals surface area contributed by atoms with E-state index in [0.29, 0.717) is 25.3 Å². The molecule has 1 N–H and O–H groups in total. The minimum absolute atomic E-state index is 0.110. The number of carbonyl (C=O) groups is 2. The summed E-state index contributed by atoms with van der Waals surface area (Å²) in [6.45, 7) is 4.22. The molecular formula is C19H28N2O3. The summed E-state index contributed by atoms with van der Waals surface area (Å²) >= 11 is 0. The predicted molar refractivity (Wildman–Crippen MR) is 93.9 cm³/mol. The summed E-state index contributed by atoms with van der Waals surface area (Å²) in [5, 5.41) is 2.98. The van der Waals surface area contributed by atoms with E-state index < -0.39 is 0 Å². The Morgan fingerprint density at radius 2 is 2.04 bits per heavy atom. The Morgan fingerprint density at radius 3 is 2.71 bits per heavy atom. The molecule has 0 spiro atoms. The Hall–Kier alpha value is -2.04. The average Bonchev–Trinajstić information content (AvgIpc) is 2.61. The summed E-state index contributed by atoms with van der Waals surface area (Å²) < 4.78 is 5.14. The fraction of sp³-hybridized carbons (Fsp3) is 0.579. The SMILES string of the molecule is CCCC(=O)NCC1CCCN(C(=O)Cc2ccc(OC)cc2)C1. The van der Waals surface area contributed by atoms with Crippen molar-refractivity contribution >= 4 is 11.8 Å². The third-order valence-electron chi connectivity index (χ3n) is 4.45. The fourth-order valence-electron chi connectivity index (χ4n) is 3.06. The molecule has 0 bridgehead atoms. The molecule has 5 heteroatoms. The number of methoxy groups -OCH3 is 1. The van der Waals surface area contributed by atoms with Crippen LogP contribution in [0.5, 0.6) is 5.75 Å². The summed E-state index contributed by atoms with van der Waals surface area (Å²) in [5.41, 5.74) is 0.999. The molecule has 1 saturated heterocycles. The van der Waals surface area contributed by atoms with E-state index in [1.165, 1.54) is 0 Å². The van der Waals surface area contributed by atoms with Gasteiger partial charge in [0.05, 0.1) is 13.5 Å². The average molecular weight is 332 g/mol. The van der Waals surface area contributed by atoms with Crippen LogP contribution in [-0.2, 0) is 16.0 Å². The molecule has 1 aromatic rings. The van der Waals surface area contributed by atoms with Crippen molar-refractivity contribution in [3.8, 4) is 5.75 Å². The van der Waals surface area contributed by atoms with Crippen LogP contribution in [0.15, 0.2) is 24.3 Å². The van der Waals surface area contributed by atoms with Gasteiger partial charge in [-0.2, -0.15) is 0 Å². The Bertz CT molecular complexity index is 542. The topological polar surface area (TPSA) is 58.6 Å². The first-order valence-electron chi connectivity index (χ1n) is 8.79. The molecule has 1 fully saturated rings. The third-order valence-corrected chi connectivity index (χ3v) is 4.45. The molecule has 1 aliphatic rings. The number of likely N-dealkylation sites (tertiary alicyclic amines) is 1. The van der Waals surface area contributed by atoms with Crippen molar-refractivity contribution < 1.29 is 14.3 Å². The zero-order valence-electron chi connectivity index (χ0n) is 14.7. The van der Waals surface area contributed by atoms with Crippen molar-refractivity contribution in [3.05, 3.63) is 29.8 Å². The van der Waals surface area contributed by atoms with Crippen molar-refractivity contribution in [1.29, 1.82) is 0 Å². The maximum atomic E-state index is 12.5. The molecular weight excluding hydrogens is 304 g/mol. The number of rotatable bonds is 7. The van der Waals surface area contributed by atoms with E-state index in [0.717, 1.165) is 43.7 Å². The number of hydrogen-bond acceptors (Lipinski definition) is 3. The van der Waals surface area contributed by atoms with Crippen LogP contribution in [0.2, 0.25) is 0 Å². The number of hydrogen-bond donors (Lipinski definition) is 1. The van der Waals surface area contributed by atoms with Crippen molar-refractivity contribution in [1.82, 2.24) is 10.2 Å². The molecule has 1 unspecified atom stereocenters. The lowest BCUT2D eigenvalue weighted by molar-refractivity contribution is -0.132. The molecule has 1 aromatic carbocycles. The molecule has 24 heavy (non-hydrogen) atoms. The van der Waals surface area contributed by atoms with Crippen LogP contribution in [-0.4, -0.2) is 43.5 Å². The van der Waals surface area contributed by atoms with Gasteiger partial charge in [0.15, 0.2) is 0 Å². The van der Waals surface area contributed by atoms with Crippen molar-refractivity contribution in [2.75, 3.05) is 26.7 Å². The van der Waals surface area contributed by atoms with E-state index in [2.05, 4.69) is 5.32 Å². The Labute approximate surface area is 144 Å². The summed E-state index contributed by atoms with van der Waals surface area (Å²) in [5.74, 6) is 1.43. The molecule has 0 saturated carbocycles. The largest absolute Gasteiger partial charge is 0.497 e. The van der Waals surface area contributed by atoms with Crippen LogP contribution >= 0.6 is 0 Å². The van der Waals surface area contributed by atoms with Crippen molar-refractivity contribution in [3.63, 3.8) is 0 Å². The van der Waals surface area contributed by atoms with Gasteiger partial charge in [-0.05, 0) is 42.9 Å². The maximum absolute atomic E-state index is 12.5. The van der Waals surface area contributed by atoms with Crippen LogP contribution in [0, 0.1) is 5.92 Å². The maximum Gasteiger partial charge on any atom is 0.226 e. The number of carbonyl (C=O) groups excluding carboxylic acids is 2. The number of piperidine rings is 1. The van der Waals surface area contributed by atoms with Gasteiger partial charge in [0.25, 0.3) is 0 Å². The van der Waals surface area contributed by atoms with Crippen LogP contribution < -0.4 is 10.1 Å². The number of benzene rings is 1. The van der Waals surface area contributed by atoms with Gasteiger partial charge in [-0.15, -0.1) is 0 Å². The highest BCUT2D eigenvalue weighted by molar-refractivity contribution is 5.79. The van der Waals surface area contributed by atoms with Gasteiger partial charge in [0, 0.05) is 26.1 Å². The number of ether oxygens (including phenoxy) is 1. The summed E-state index contributed by atoms with van der Waals surface area (Å²) in [4.78, 5) is 26.0. The zero-order chi connectivity index (χ0) is 17.4. The third kappa shape index (κ3) is 5.55. The van der Waals surface area contributed by atoms with Gasteiger partial charge >= 0.3 is 0 Å². The monoisotopic (exact) mass is 332 g/mol. The normalized spacial score (nSPS) is 17.4. The lowest BCUT2D eigenvalue weighted by Crippen LogP contribution is -2.44. The van der Waals surface area contributed by atoms with Gasteiger partial charge < -0.3 is 15.0 Å². The van der Waals surface area contributed by atoms with Crippen molar-refractivity contribution in [2.24, 2.45) is 5.92 Å². The second-order valence-electron chi connectivity index (χ2n) is 6.43. The van der Waals surface area contributed by atoms with Crippen molar-refractivity contribution in [2.45, 2.75) is 39.0 Å². The van der Waals surface area contributed by atoms with Gasteiger partial charge in [0.1, 0.15) is 5.75 Å². The molecule has 0 radical (unpaired) electrons. The Kier molecular flexibility index (Phi) is 7.09. The zero-order valence-corrected chi connectivity index (χ0v) is 14.7. The van der Waals surface area contributed by atoms with E-state index in [1.807, 2.05) is 36.1 Å². The summed E-state index contributed by atoms with van der Waals surface area (Å²) in [7, 11) is 1.63. The molecule has 2 rings (SSSR count). The molecule has 1 atom stereocenters. The van der Waals surface area contributed by atoms with Gasteiger partial charge in [-0.25, -0.2) is 0 Å². The molecule has 0 aliphatic carbocycles. The number of nitrogens with one attached hydrogen (secondary N) is 1. The summed E-state index contributed by atoms with van der Waals surface area (Å²) in [6.07, 6.45) is 3.93. The van der Waals surface area contributed by atoms with E-state index in [4.69, 9.17) is 4.74 Å². The molecule has 2 amide bonds. The Balaban J connectivity index is 1.81. The highest BCUT2D eigenvalue weighted by atomic mass is 16.5. The quantitative estimate of drug-likeness (QED) is 0.834. The van der Waals surface area contributed by atoms with E-state index in [1.54, 1.807) is 7.11 Å². The standard InChI is InChI=1S/C19H28N2O3/c1-3-5-18(22)20-13-16-6-4-11-21(14-16)19(23)12-15-7-9-17(24-2)10-8-15/h7-10,16H,3-6,11-14H2,1-2H3,(H,20,22). The molecule has 132 valence electrons. The smallest absolute Gasteiger partial charge is 0.226 e. The highest BCUT2D eigenvalue weighted by Crippen LogP contribution is 2.18. The van der Waals surface area contributed by atoms with Crippen LogP contribution in [0.3, 0.4) is 0 Å². The van der Waals surface area contributed by atoms with E-state index in [9.17, 15) is 9.59 Å². The van der Waals surface area contributed by atoms with Gasteiger partial charge in [-0.3, -0.25) is 9.59 Å².